The fourth-order valence-electron chi connectivity index (χ4n) is 3.70. The Kier molecular flexibility index (Phi) is 4.76. The number of carbonyl (C=O) groups is 1. The number of furan rings is 1. The largest absolute Gasteiger partial charge is 0.451 e. The summed E-state index contributed by atoms with van der Waals surface area (Å²) in [7, 11) is 0. The first-order chi connectivity index (χ1) is 12.7. The number of amides is 1. The average Bonchev–Trinajstić information content (AvgIpc) is 2.85. The van der Waals surface area contributed by atoms with Crippen molar-refractivity contribution in [1.82, 2.24) is 9.80 Å². The molecule has 26 heavy (non-hydrogen) atoms. The Balaban J connectivity index is 1.46. The molecule has 2 aromatic carbocycles. The van der Waals surface area contributed by atoms with E-state index in [4.69, 9.17) is 4.42 Å². The maximum Gasteiger partial charge on any atom is 0.289 e. The Bertz CT molecular complexity index is 901. The third kappa shape index (κ3) is 3.37. The Labute approximate surface area is 154 Å². The van der Waals surface area contributed by atoms with E-state index in [-0.39, 0.29) is 5.91 Å². The van der Waals surface area contributed by atoms with Crippen LogP contribution in [0.1, 0.15) is 28.1 Å². The minimum absolute atomic E-state index is 0.0141. The van der Waals surface area contributed by atoms with Gasteiger partial charge in [0.1, 0.15) is 5.58 Å². The second-order valence-electron chi connectivity index (χ2n) is 6.96. The molecule has 4 nitrogen and oxygen atoms in total. The second kappa shape index (κ2) is 7.34. The summed E-state index contributed by atoms with van der Waals surface area (Å²) in [6.45, 7) is 6.32. The molecule has 0 unspecified atom stereocenters. The highest BCUT2D eigenvalue weighted by Crippen LogP contribution is 2.26. The molecular formula is C22H24N2O2. The number of rotatable bonds is 3. The van der Waals surface area contributed by atoms with E-state index >= 15 is 0 Å². The molecular weight excluding hydrogens is 324 g/mol. The SMILES string of the molecule is Cc1c(C(=O)N2CCCN(Cc3ccccc3)CC2)oc2ccccc12. The standard InChI is InChI=1S/C22H24N2O2/c1-17-19-10-5-6-11-20(19)26-21(17)22(25)24-13-7-12-23(14-15-24)16-18-8-3-2-4-9-18/h2-6,8-11H,7,12-16H2,1H3. The lowest BCUT2D eigenvalue weighted by atomic mass is 10.1. The van der Waals surface area contributed by atoms with E-state index in [1.165, 1.54) is 5.56 Å². The van der Waals surface area contributed by atoms with Crippen molar-refractivity contribution in [3.8, 4) is 0 Å². The topological polar surface area (TPSA) is 36.7 Å². The summed E-state index contributed by atoms with van der Waals surface area (Å²) in [6.07, 6.45) is 0.984. The maximum atomic E-state index is 13.0. The van der Waals surface area contributed by atoms with Gasteiger partial charge in [0.2, 0.25) is 0 Å². The first-order valence-electron chi connectivity index (χ1n) is 9.26. The molecule has 4 heteroatoms. The Morgan fingerprint density at radius 3 is 2.54 bits per heavy atom. The molecule has 0 saturated carbocycles. The minimum Gasteiger partial charge on any atom is -0.451 e. The zero-order valence-electron chi connectivity index (χ0n) is 15.1. The molecule has 0 spiro atoms. The van der Waals surface area contributed by atoms with E-state index < -0.39 is 0 Å². The highest BCUT2D eigenvalue weighted by Gasteiger charge is 2.25. The van der Waals surface area contributed by atoms with E-state index in [0.717, 1.165) is 55.7 Å². The van der Waals surface area contributed by atoms with E-state index in [2.05, 4.69) is 29.2 Å². The summed E-state index contributed by atoms with van der Waals surface area (Å²) in [5.74, 6) is 0.503. The summed E-state index contributed by atoms with van der Waals surface area (Å²) in [4.78, 5) is 17.4. The van der Waals surface area contributed by atoms with Gasteiger partial charge in [0.15, 0.2) is 5.76 Å². The van der Waals surface area contributed by atoms with Gasteiger partial charge in [0.25, 0.3) is 5.91 Å². The lowest BCUT2D eigenvalue weighted by Crippen LogP contribution is -2.35. The number of hydrogen-bond acceptors (Lipinski definition) is 3. The van der Waals surface area contributed by atoms with Crippen molar-refractivity contribution < 1.29 is 9.21 Å². The Morgan fingerprint density at radius 2 is 1.73 bits per heavy atom. The Morgan fingerprint density at radius 1 is 0.962 bits per heavy atom. The smallest absolute Gasteiger partial charge is 0.289 e. The summed E-state index contributed by atoms with van der Waals surface area (Å²) in [6, 6.07) is 18.4. The van der Waals surface area contributed by atoms with Crippen molar-refractivity contribution in [2.75, 3.05) is 26.2 Å². The third-order valence-electron chi connectivity index (χ3n) is 5.16. The van der Waals surface area contributed by atoms with Crippen LogP contribution in [0.15, 0.2) is 59.0 Å². The fraction of sp³-hybridized carbons (Fsp3) is 0.318. The molecule has 0 aliphatic carbocycles. The monoisotopic (exact) mass is 348 g/mol. The number of hydrogen-bond donors (Lipinski definition) is 0. The molecule has 2 heterocycles. The van der Waals surface area contributed by atoms with Gasteiger partial charge in [-0.05, 0) is 25.0 Å². The Hall–Kier alpha value is -2.59. The van der Waals surface area contributed by atoms with Gasteiger partial charge in [-0.3, -0.25) is 9.69 Å². The van der Waals surface area contributed by atoms with E-state index in [9.17, 15) is 4.79 Å². The van der Waals surface area contributed by atoms with E-state index in [0.29, 0.717) is 5.76 Å². The van der Waals surface area contributed by atoms with Crippen molar-refractivity contribution in [2.24, 2.45) is 0 Å². The fourth-order valence-corrected chi connectivity index (χ4v) is 3.70. The normalized spacial score (nSPS) is 16.0. The minimum atomic E-state index is 0.0141. The molecule has 0 radical (unpaired) electrons. The first kappa shape index (κ1) is 16.9. The quantitative estimate of drug-likeness (QED) is 0.715. The number of para-hydroxylation sites is 1. The van der Waals surface area contributed by atoms with Crippen molar-refractivity contribution in [3.05, 3.63) is 71.5 Å². The van der Waals surface area contributed by atoms with Crippen LogP contribution in [0.3, 0.4) is 0 Å². The molecule has 4 rings (SSSR count). The first-order valence-corrected chi connectivity index (χ1v) is 9.26. The van der Waals surface area contributed by atoms with Crippen LogP contribution in [0.5, 0.6) is 0 Å². The zero-order valence-corrected chi connectivity index (χ0v) is 15.1. The average molecular weight is 348 g/mol. The van der Waals surface area contributed by atoms with Crippen LogP contribution < -0.4 is 0 Å². The van der Waals surface area contributed by atoms with Crippen LogP contribution in [-0.2, 0) is 6.54 Å². The predicted molar refractivity (Wildman–Crippen MR) is 103 cm³/mol. The van der Waals surface area contributed by atoms with Gasteiger partial charge in [-0.1, -0.05) is 48.5 Å². The molecule has 1 saturated heterocycles. The predicted octanol–water partition coefficient (Wildman–Crippen LogP) is 4.09. The molecule has 1 fully saturated rings. The number of aryl methyl sites for hydroxylation is 1. The zero-order chi connectivity index (χ0) is 17.9. The summed E-state index contributed by atoms with van der Waals surface area (Å²) >= 11 is 0. The van der Waals surface area contributed by atoms with Crippen LogP contribution in [0.2, 0.25) is 0 Å². The number of nitrogens with zero attached hydrogens (tertiary/aromatic N) is 2. The van der Waals surface area contributed by atoms with Gasteiger partial charge < -0.3 is 9.32 Å². The van der Waals surface area contributed by atoms with Crippen LogP contribution in [-0.4, -0.2) is 41.9 Å². The van der Waals surface area contributed by atoms with Crippen molar-refractivity contribution in [2.45, 2.75) is 19.9 Å². The van der Waals surface area contributed by atoms with Crippen LogP contribution in [0, 0.1) is 6.92 Å². The number of fused-ring (bicyclic) bond motifs is 1. The van der Waals surface area contributed by atoms with Crippen molar-refractivity contribution >= 4 is 16.9 Å². The molecule has 134 valence electrons. The maximum absolute atomic E-state index is 13.0. The lowest BCUT2D eigenvalue weighted by molar-refractivity contribution is 0.0730. The highest BCUT2D eigenvalue weighted by atomic mass is 16.3. The molecule has 1 aliphatic rings. The van der Waals surface area contributed by atoms with Gasteiger partial charge in [-0.15, -0.1) is 0 Å². The van der Waals surface area contributed by atoms with Gasteiger partial charge in [0, 0.05) is 43.7 Å². The van der Waals surface area contributed by atoms with Crippen molar-refractivity contribution in [3.63, 3.8) is 0 Å². The van der Waals surface area contributed by atoms with Crippen LogP contribution >= 0.6 is 0 Å². The molecule has 0 bridgehead atoms. The molecule has 1 aromatic heterocycles. The summed E-state index contributed by atoms with van der Waals surface area (Å²) in [5, 5.41) is 1.02. The molecule has 0 N–H and O–H groups in total. The van der Waals surface area contributed by atoms with Crippen molar-refractivity contribution in [1.29, 1.82) is 0 Å². The molecule has 3 aromatic rings. The van der Waals surface area contributed by atoms with Crippen LogP contribution in [0.25, 0.3) is 11.0 Å². The van der Waals surface area contributed by atoms with Gasteiger partial charge in [-0.25, -0.2) is 0 Å². The molecule has 1 amide bonds. The molecule has 1 aliphatic heterocycles. The highest BCUT2D eigenvalue weighted by molar-refractivity contribution is 5.98. The van der Waals surface area contributed by atoms with E-state index in [1.54, 1.807) is 0 Å². The van der Waals surface area contributed by atoms with Crippen LogP contribution in [0.4, 0.5) is 0 Å². The van der Waals surface area contributed by atoms with Gasteiger partial charge >= 0.3 is 0 Å². The van der Waals surface area contributed by atoms with Gasteiger partial charge in [0.05, 0.1) is 0 Å². The lowest BCUT2D eigenvalue weighted by Gasteiger charge is -2.21. The summed E-state index contributed by atoms with van der Waals surface area (Å²) in [5.41, 5.74) is 3.05. The van der Waals surface area contributed by atoms with Gasteiger partial charge in [-0.2, -0.15) is 0 Å². The number of benzene rings is 2. The van der Waals surface area contributed by atoms with E-state index in [1.807, 2.05) is 42.2 Å². The third-order valence-corrected chi connectivity index (χ3v) is 5.16. The molecule has 0 atom stereocenters. The number of carbonyl (C=O) groups excluding carboxylic acids is 1. The second-order valence-corrected chi connectivity index (χ2v) is 6.96. The summed E-state index contributed by atoms with van der Waals surface area (Å²) < 4.78 is 5.87.